The number of benzene rings is 2. The van der Waals surface area contributed by atoms with Gasteiger partial charge < -0.3 is 4.74 Å². The van der Waals surface area contributed by atoms with Crippen molar-refractivity contribution in [2.45, 2.75) is 63.4 Å². The van der Waals surface area contributed by atoms with Gasteiger partial charge in [-0.1, -0.05) is 88.7 Å². The fourth-order valence-corrected chi connectivity index (χ4v) is 6.49. The number of hydrogen-bond donors (Lipinski definition) is 0. The lowest BCUT2D eigenvalue weighted by Crippen LogP contribution is -2.43. The van der Waals surface area contributed by atoms with Gasteiger partial charge in [-0.2, -0.15) is 0 Å². The Hall–Kier alpha value is -2.40. The minimum Gasteiger partial charge on any atom is -0.459 e. The Morgan fingerprint density at radius 3 is 2.30 bits per heavy atom. The molecule has 2 aromatic rings. The Bertz CT molecular complexity index is 1040. The molecule has 0 amide bonds. The van der Waals surface area contributed by atoms with Gasteiger partial charge in [-0.05, 0) is 47.8 Å². The lowest BCUT2D eigenvalue weighted by Gasteiger charge is -2.43. The molecule has 5 heteroatoms. The number of allylic oxidation sites excluding steroid dienone is 1. The molecule has 0 radical (unpaired) electrons. The van der Waals surface area contributed by atoms with E-state index in [1.807, 2.05) is 6.07 Å². The molecule has 0 bridgehead atoms. The summed E-state index contributed by atoms with van der Waals surface area (Å²) >= 11 is 0. The average molecular weight is 469 g/mol. The van der Waals surface area contributed by atoms with Gasteiger partial charge in [0.15, 0.2) is 9.84 Å². The van der Waals surface area contributed by atoms with Gasteiger partial charge in [-0.25, -0.2) is 13.2 Å². The summed E-state index contributed by atoms with van der Waals surface area (Å²) in [6.45, 7) is 8.47. The van der Waals surface area contributed by atoms with Crippen LogP contribution in [0.5, 0.6) is 0 Å². The molecule has 0 N–H and O–H groups in total. The third-order valence-corrected chi connectivity index (χ3v) is 8.87. The van der Waals surface area contributed by atoms with E-state index in [0.29, 0.717) is 10.8 Å². The first-order chi connectivity index (χ1) is 15.6. The lowest BCUT2D eigenvalue weighted by molar-refractivity contribution is -0.150. The highest BCUT2D eigenvalue weighted by atomic mass is 32.2. The second-order valence-corrected chi connectivity index (χ2v) is 12.1. The van der Waals surface area contributed by atoms with E-state index in [1.54, 1.807) is 43.3 Å². The maximum absolute atomic E-state index is 12.7. The van der Waals surface area contributed by atoms with Gasteiger partial charge in [0.2, 0.25) is 0 Å². The van der Waals surface area contributed by atoms with Crippen LogP contribution in [0.2, 0.25) is 0 Å². The van der Waals surface area contributed by atoms with E-state index in [9.17, 15) is 13.2 Å². The smallest absolute Gasteiger partial charge is 0.330 e. The molecule has 0 heterocycles. The zero-order valence-corrected chi connectivity index (χ0v) is 20.9. The van der Waals surface area contributed by atoms with E-state index in [4.69, 9.17) is 4.74 Å². The summed E-state index contributed by atoms with van der Waals surface area (Å²) in [5.41, 5.74) is 1.13. The van der Waals surface area contributed by atoms with E-state index in [0.717, 1.165) is 19.3 Å². The summed E-state index contributed by atoms with van der Waals surface area (Å²) in [4.78, 5) is 13.0. The van der Waals surface area contributed by atoms with Crippen molar-refractivity contribution in [3.8, 4) is 0 Å². The van der Waals surface area contributed by atoms with Crippen LogP contribution in [0.1, 0.15) is 52.5 Å². The Labute approximate surface area is 199 Å². The van der Waals surface area contributed by atoms with Crippen LogP contribution in [0.3, 0.4) is 0 Å². The normalized spacial score (nSPS) is 22.7. The van der Waals surface area contributed by atoms with Crippen molar-refractivity contribution in [1.29, 1.82) is 0 Å². The van der Waals surface area contributed by atoms with E-state index in [2.05, 4.69) is 45.0 Å². The molecule has 0 aromatic heterocycles. The van der Waals surface area contributed by atoms with Gasteiger partial charge in [-0.15, -0.1) is 0 Å². The fraction of sp³-hybridized carbons (Fsp3) is 0.464. The molecule has 1 fully saturated rings. The maximum Gasteiger partial charge on any atom is 0.330 e. The molecule has 178 valence electrons. The third kappa shape index (κ3) is 6.57. The van der Waals surface area contributed by atoms with Crippen molar-refractivity contribution in [3.63, 3.8) is 0 Å². The van der Waals surface area contributed by atoms with Gasteiger partial charge >= 0.3 is 5.97 Å². The average Bonchev–Trinajstić information content (AvgIpc) is 2.78. The first-order valence-electron chi connectivity index (χ1n) is 11.8. The van der Waals surface area contributed by atoms with Gasteiger partial charge in [0.05, 0.1) is 10.6 Å². The number of carbonyl (C=O) groups excluding carboxylic acids is 1. The third-order valence-electron chi connectivity index (χ3n) is 6.91. The zero-order chi connectivity index (χ0) is 24.1. The minimum atomic E-state index is -3.40. The van der Waals surface area contributed by atoms with Crippen LogP contribution in [-0.2, 0) is 24.8 Å². The summed E-state index contributed by atoms with van der Waals surface area (Å²) in [6.07, 6.45) is 5.86. The van der Waals surface area contributed by atoms with E-state index in [1.165, 1.54) is 11.6 Å². The van der Waals surface area contributed by atoms with Gasteiger partial charge in [0.1, 0.15) is 6.10 Å². The summed E-state index contributed by atoms with van der Waals surface area (Å²) in [5.74, 6) is -0.0179. The molecule has 4 atom stereocenters. The SMILES string of the molecule is C[C@@H]1CC[C@@H](C(C)(C)c2ccccc2)[C@H](OC(=O)/C=C/[C@@H](C)CS(=O)(=O)c2ccccc2)C1. The predicted molar refractivity (Wildman–Crippen MR) is 133 cm³/mol. The molecule has 0 saturated heterocycles. The maximum atomic E-state index is 12.7. The highest BCUT2D eigenvalue weighted by molar-refractivity contribution is 7.91. The van der Waals surface area contributed by atoms with Crippen molar-refractivity contribution in [2.75, 3.05) is 5.75 Å². The van der Waals surface area contributed by atoms with Crippen LogP contribution >= 0.6 is 0 Å². The summed E-state index contributed by atoms with van der Waals surface area (Å²) in [7, 11) is -3.40. The molecule has 33 heavy (non-hydrogen) atoms. The van der Waals surface area contributed by atoms with Crippen molar-refractivity contribution >= 4 is 15.8 Å². The number of hydrogen-bond acceptors (Lipinski definition) is 4. The number of esters is 1. The fourth-order valence-electron chi connectivity index (χ4n) is 4.92. The van der Waals surface area contributed by atoms with Crippen LogP contribution in [0.25, 0.3) is 0 Å². The van der Waals surface area contributed by atoms with E-state index < -0.39 is 15.8 Å². The van der Waals surface area contributed by atoms with Crippen molar-refractivity contribution in [3.05, 3.63) is 78.4 Å². The Morgan fingerprint density at radius 1 is 1.06 bits per heavy atom. The van der Waals surface area contributed by atoms with Gasteiger partial charge in [0, 0.05) is 12.0 Å². The standard InChI is InChI=1S/C28H36O4S/c1-21-15-17-25(28(3,4)23-11-7-5-8-12-23)26(19-21)32-27(29)18-16-22(2)20-33(30,31)24-13-9-6-10-14-24/h5-14,16,18,21-22,25-26H,15,17,19-20H2,1-4H3/b18-16+/t21-,22-,25-,26-/m1/s1. The van der Waals surface area contributed by atoms with E-state index >= 15 is 0 Å². The highest BCUT2D eigenvalue weighted by Gasteiger charge is 2.41. The zero-order valence-electron chi connectivity index (χ0n) is 20.1. The summed E-state index contributed by atoms with van der Waals surface area (Å²) < 4.78 is 31.1. The first-order valence-corrected chi connectivity index (χ1v) is 13.5. The van der Waals surface area contributed by atoms with Crippen molar-refractivity contribution in [2.24, 2.45) is 17.8 Å². The van der Waals surface area contributed by atoms with Crippen LogP contribution in [-0.4, -0.2) is 26.2 Å². The largest absolute Gasteiger partial charge is 0.459 e. The van der Waals surface area contributed by atoms with Crippen LogP contribution in [0.15, 0.2) is 77.7 Å². The molecule has 0 spiro atoms. The number of carbonyl (C=O) groups is 1. The first kappa shape index (κ1) is 25.2. The molecule has 3 rings (SSSR count). The summed E-state index contributed by atoms with van der Waals surface area (Å²) in [5, 5.41) is 0. The minimum absolute atomic E-state index is 0.0507. The number of ether oxygens (including phenoxy) is 1. The monoisotopic (exact) mass is 468 g/mol. The van der Waals surface area contributed by atoms with Crippen LogP contribution in [0.4, 0.5) is 0 Å². The Balaban J connectivity index is 1.66. The molecule has 1 saturated carbocycles. The second-order valence-electron chi connectivity index (χ2n) is 10.0. The molecular weight excluding hydrogens is 432 g/mol. The van der Waals surface area contributed by atoms with E-state index in [-0.39, 0.29) is 29.1 Å². The van der Waals surface area contributed by atoms with Gasteiger partial charge in [-0.3, -0.25) is 0 Å². The van der Waals surface area contributed by atoms with Crippen LogP contribution < -0.4 is 0 Å². The Morgan fingerprint density at radius 2 is 1.67 bits per heavy atom. The van der Waals surface area contributed by atoms with Crippen molar-refractivity contribution < 1.29 is 17.9 Å². The molecule has 2 aromatic carbocycles. The molecule has 0 unspecified atom stereocenters. The van der Waals surface area contributed by atoms with Gasteiger partial charge in [0.25, 0.3) is 0 Å². The molecule has 4 nitrogen and oxygen atoms in total. The highest BCUT2D eigenvalue weighted by Crippen LogP contribution is 2.43. The molecule has 0 aliphatic heterocycles. The summed E-state index contributed by atoms with van der Waals surface area (Å²) in [6, 6.07) is 18.8. The molecule has 1 aliphatic rings. The number of rotatable bonds is 8. The quantitative estimate of drug-likeness (QED) is 0.353. The van der Waals surface area contributed by atoms with Crippen LogP contribution in [0, 0.1) is 17.8 Å². The lowest BCUT2D eigenvalue weighted by atomic mass is 9.64. The number of sulfone groups is 1. The predicted octanol–water partition coefficient (Wildman–Crippen LogP) is 5.98. The molecule has 1 aliphatic carbocycles. The molecular formula is C28H36O4S. The topological polar surface area (TPSA) is 60.4 Å². The van der Waals surface area contributed by atoms with Crippen molar-refractivity contribution in [1.82, 2.24) is 0 Å². The second kappa shape index (κ2) is 10.7. The Kier molecular flexibility index (Phi) is 8.17.